The number of carbonyl (C=O) groups excluding carboxylic acids is 1. The molecule has 1 amide bonds. The second-order valence-electron chi connectivity index (χ2n) is 6.16. The summed E-state index contributed by atoms with van der Waals surface area (Å²) in [4.78, 5) is 14.3. The van der Waals surface area contributed by atoms with Crippen LogP contribution >= 0.6 is 0 Å². The molecule has 19 heavy (non-hydrogen) atoms. The van der Waals surface area contributed by atoms with Crippen LogP contribution in [0.1, 0.15) is 46.5 Å². The summed E-state index contributed by atoms with van der Waals surface area (Å²) in [6.07, 6.45) is 4.21. The molecule has 112 valence electrons. The molecule has 1 fully saturated rings. The molecule has 2 atom stereocenters. The molecule has 2 N–H and O–H groups in total. The van der Waals surface area contributed by atoms with Gasteiger partial charge in [0.25, 0.3) is 0 Å². The summed E-state index contributed by atoms with van der Waals surface area (Å²) in [6.45, 7) is 9.30. The molecule has 0 radical (unpaired) electrons. The van der Waals surface area contributed by atoms with Crippen LogP contribution in [-0.2, 0) is 4.79 Å². The summed E-state index contributed by atoms with van der Waals surface area (Å²) in [5, 5.41) is 12.1. The van der Waals surface area contributed by atoms with Crippen molar-refractivity contribution in [3.05, 3.63) is 0 Å². The van der Waals surface area contributed by atoms with Crippen LogP contribution in [0, 0.1) is 11.8 Å². The highest BCUT2D eigenvalue weighted by Crippen LogP contribution is 2.20. The summed E-state index contributed by atoms with van der Waals surface area (Å²) in [7, 11) is 0. The quantitative estimate of drug-likeness (QED) is 0.739. The van der Waals surface area contributed by atoms with Gasteiger partial charge in [-0.1, -0.05) is 13.8 Å². The van der Waals surface area contributed by atoms with Gasteiger partial charge in [0.05, 0.1) is 6.04 Å². The van der Waals surface area contributed by atoms with Crippen molar-refractivity contribution >= 4 is 5.91 Å². The number of rotatable bonds is 7. The Hall–Kier alpha value is -0.610. The van der Waals surface area contributed by atoms with Crippen LogP contribution in [0.5, 0.6) is 0 Å². The van der Waals surface area contributed by atoms with Crippen LogP contribution < -0.4 is 5.32 Å². The van der Waals surface area contributed by atoms with Crippen molar-refractivity contribution in [1.29, 1.82) is 0 Å². The molecular weight excluding hydrogens is 240 g/mol. The molecule has 0 aromatic carbocycles. The van der Waals surface area contributed by atoms with Crippen LogP contribution in [0.4, 0.5) is 0 Å². The first-order valence-corrected chi connectivity index (χ1v) is 7.67. The third-order valence-electron chi connectivity index (χ3n) is 4.04. The predicted molar refractivity (Wildman–Crippen MR) is 77.9 cm³/mol. The highest BCUT2D eigenvalue weighted by Gasteiger charge is 2.26. The first kappa shape index (κ1) is 16.4. The third kappa shape index (κ3) is 5.91. The normalized spacial score (nSPS) is 22.5. The van der Waals surface area contributed by atoms with Crippen LogP contribution in [0.2, 0.25) is 0 Å². The molecule has 2 unspecified atom stereocenters. The number of carbonyl (C=O) groups is 1. The van der Waals surface area contributed by atoms with Crippen molar-refractivity contribution in [3.8, 4) is 0 Å². The fourth-order valence-electron chi connectivity index (χ4n) is 2.66. The van der Waals surface area contributed by atoms with Crippen molar-refractivity contribution < 1.29 is 9.90 Å². The lowest BCUT2D eigenvalue weighted by molar-refractivity contribution is -0.126. The fourth-order valence-corrected chi connectivity index (χ4v) is 2.66. The van der Waals surface area contributed by atoms with E-state index in [4.69, 9.17) is 5.11 Å². The zero-order valence-corrected chi connectivity index (χ0v) is 12.7. The second kappa shape index (κ2) is 8.54. The molecule has 1 rings (SSSR count). The van der Waals surface area contributed by atoms with Crippen molar-refractivity contribution in [1.82, 2.24) is 10.2 Å². The smallest absolute Gasteiger partial charge is 0.237 e. The van der Waals surface area contributed by atoms with Gasteiger partial charge in [0.2, 0.25) is 5.91 Å². The average molecular weight is 270 g/mol. The Morgan fingerprint density at radius 2 is 2.16 bits per heavy atom. The highest BCUT2D eigenvalue weighted by molar-refractivity contribution is 5.81. The molecule has 0 aromatic rings. The lowest BCUT2D eigenvalue weighted by atomic mass is 9.94. The second-order valence-corrected chi connectivity index (χ2v) is 6.16. The zero-order chi connectivity index (χ0) is 14.3. The molecule has 0 bridgehead atoms. The summed E-state index contributed by atoms with van der Waals surface area (Å²) < 4.78 is 0. The SMILES string of the molecule is CC(C)CCNC(=O)C(C)N1CCCC(CCO)C1. The maximum absolute atomic E-state index is 12.1. The maximum Gasteiger partial charge on any atom is 0.237 e. The Kier molecular flexibility index (Phi) is 7.39. The van der Waals surface area contributed by atoms with Gasteiger partial charge in [-0.2, -0.15) is 0 Å². The van der Waals surface area contributed by atoms with Gasteiger partial charge in [-0.25, -0.2) is 0 Å². The average Bonchev–Trinajstić information content (AvgIpc) is 2.38. The van der Waals surface area contributed by atoms with E-state index in [1.807, 2.05) is 6.92 Å². The molecule has 1 heterocycles. The monoisotopic (exact) mass is 270 g/mol. The highest BCUT2D eigenvalue weighted by atomic mass is 16.3. The molecular formula is C15H30N2O2. The number of aliphatic hydroxyl groups excluding tert-OH is 1. The van der Waals surface area contributed by atoms with Crippen LogP contribution in [0.15, 0.2) is 0 Å². The first-order valence-electron chi connectivity index (χ1n) is 7.67. The van der Waals surface area contributed by atoms with Gasteiger partial charge in [-0.05, 0) is 51.0 Å². The number of hydrogen-bond acceptors (Lipinski definition) is 3. The van der Waals surface area contributed by atoms with Gasteiger partial charge in [-0.15, -0.1) is 0 Å². The first-order chi connectivity index (χ1) is 9.04. The summed E-state index contributed by atoms with van der Waals surface area (Å²) in [5.41, 5.74) is 0. The Morgan fingerprint density at radius 1 is 1.42 bits per heavy atom. The van der Waals surface area contributed by atoms with E-state index in [1.165, 1.54) is 6.42 Å². The standard InChI is InChI=1S/C15H30N2O2/c1-12(2)6-8-16-15(19)13(3)17-9-4-5-14(11-17)7-10-18/h12-14,18H,4-11H2,1-3H3,(H,16,19). The predicted octanol–water partition coefficient (Wildman–Crippen LogP) is 1.63. The minimum absolute atomic E-state index is 0.0475. The maximum atomic E-state index is 12.1. The number of nitrogens with zero attached hydrogens (tertiary/aromatic N) is 1. The van der Waals surface area contributed by atoms with Crippen molar-refractivity contribution in [2.24, 2.45) is 11.8 Å². The van der Waals surface area contributed by atoms with Gasteiger partial charge in [0, 0.05) is 19.7 Å². The van der Waals surface area contributed by atoms with Gasteiger partial charge >= 0.3 is 0 Å². The number of hydrogen-bond donors (Lipinski definition) is 2. The molecule has 4 nitrogen and oxygen atoms in total. The Balaban J connectivity index is 2.34. The van der Waals surface area contributed by atoms with E-state index in [0.717, 1.165) is 38.9 Å². The van der Waals surface area contributed by atoms with Gasteiger partial charge in [0.15, 0.2) is 0 Å². The van der Waals surface area contributed by atoms with Gasteiger partial charge in [0.1, 0.15) is 0 Å². The molecule has 0 spiro atoms. The van der Waals surface area contributed by atoms with Gasteiger partial charge < -0.3 is 10.4 Å². The summed E-state index contributed by atoms with van der Waals surface area (Å²) >= 11 is 0. The number of nitrogens with one attached hydrogen (secondary N) is 1. The van der Waals surface area contributed by atoms with Crippen LogP contribution in [-0.4, -0.2) is 48.2 Å². The number of piperidine rings is 1. The number of aliphatic hydroxyl groups is 1. The summed E-state index contributed by atoms with van der Waals surface area (Å²) in [5.74, 6) is 1.31. The molecule has 0 aromatic heterocycles. The molecule has 0 aliphatic carbocycles. The molecule has 0 saturated carbocycles. The van der Waals surface area contributed by atoms with E-state index >= 15 is 0 Å². The topological polar surface area (TPSA) is 52.6 Å². The largest absolute Gasteiger partial charge is 0.396 e. The third-order valence-corrected chi connectivity index (χ3v) is 4.04. The minimum atomic E-state index is -0.0475. The lowest BCUT2D eigenvalue weighted by Crippen LogP contribution is -2.49. The Morgan fingerprint density at radius 3 is 2.79 bits per heavy atom. The van der Waals surface area contributed by atoms with Crippen molar-refractivity contribution in [2.45, 2.75) is 52.5 Å². The van der Waals surface area contributed by atoms with Crippen LogP contribution in [0.3, 0.4) is 0 Å². The summed E-state index contributed by atoms with van der Waals surface area (Å²) in [6, 6.07) is -0.0475. The number of amides is 1. The van der Waals surface area contributed by atoms with E-state index in [0.29, 0.717) is 11.8 Å². The Labute approximate surface area is 117 Å². The van der Waals surface area contributed by atoms with Crippen molar-refractivity contribution in [2.75, 3.05) is 26.2 Å². The van der Waals surface area contributed by atoms with E-state index < -0.39 is 0 Å². The van der Waals surface area contributed by atoms with Crippen LogP contribution in [0.25, 0.3) is 0 Å². The Bertz CT molecular complexity index is 267. The molecule has 1 aliphatic rings. The van der Waals surface area contributed by atoms with E-state index in [2.05, 4.69) is 24.1 Å². The van der Waals surface area contributed by atoms with Crippen molar-refractivity contribution in [3.63, 3.8) is 0 Å². The minimum Gasteiger partial charge on any atom is -0.396 e. The van der Waals surface area contributed by atoms with E-state index in [1.54, 1.807) is 0 Å². The fraction of sp³-hybridized carbons (Fsp3) is 0.933. The zero-order valence-electron chi connectivity index (χ0n) is 12.7. The molecule has 1 aliphatic heterocycles. The lowest BCUT2D eigenvalue weighted by Gasteiger charge is -2.36. The number of likely N-dealkylation sites (tertiary alicyclic amines) is 1. The van der Waals surface area contributed by atoms with E-state index in [-0.39, 0.29) is 18.6 Å². The molecule has 1 saturated heterocycles. The van der Waals surface area contributed by atoms with Gasteiger partial charge in [-0.3, -0.25) is 9.69 Å². The van der Waals surface area contributed by atoms with E-state index in [9.17, 15) is 4.79 Å². The molecule has 4 heteroatoms.